The van der Waals surface area contributed by atoms with Crippen molar-refractivity contribution in [3.63, 3.8) is 0 Å². The lowest BCUT2D eigenvalue weighted by Crippen LogP contribution is -2.21. The third-order valence-electron chi connectivity index (χ3n) is 2.86. The Labute approximate surface area is 146 Å². The van der Waals surface area contributed by atoms with Gasteiger partial charge in [0.25, 0.3) is 5.91 Å². The van der Waals surface area contributed by atoms with Crippen LogP contribution in [0, 0.1) is 0 Å². The maximum absolute atomic E-state index is 12.0. The highest BCUT2D eigenvalue weighted by Gasteiger charge is 2.15. The van der Waals surface area contributed by atoms with Crippen LogP contribution in [-0.2, 0) is 9.53 Å². The predicted molar refractivity (Wildman–Crippen MR) is 91.1 cm³/mol. The van der Waals surface area contributed by atoms with Gasteiger partial charge in [0.1, 0.15) is 5.75 Å². The zero-order valence-corrected chi connectivity index (χ0v) is 14.5. The molecule has 0 aromatic heterocycles. The van der Waals surface area contributed by atoms with Crippen molar-refractivity contribution in [3.05, 3.63) is 57.5 Å². The zero-order chi connectivity index (χ0) is 16.8. The molecule has 0 saturated carbocycles. The summed E-state index contributed by atoms with van der Waals surface area (Å²) < 4.78 is 10.8. The number of esters is 1. The number of halogens is 2. The molecular weight excluding hydrogens is 386 g/mol. The molecule has 2 aromatic carbocycles. The lowest BCUT2D eigenvalue weighted by Gasteiger charge is -2.10. The SMILES string of the molecule is COc1ccccc1NC(=O)COC(=O)c1cc(Br)ccc1Cl. The number of ether oxygens (including phenoxy) is 2. The fourth-order valence-electron chi connectivity index (χ4n) is 1.80. The zero-order valence-electron chi connectivity index (χ0n) is 12.1. The van der Waals surface area contributed by atoms with Crippen LogP contribution in [0.5, 0.6) is 5.75 Å². The van der Waals surface area contributed by atoms with Gasteiger partial charge in [-0.25, -0.2) is 4.79 Å². The number of anilines is 1. The van der Waals surface area contributed by atoms with Gasteiger partial charge in [0.05, 0.1) is 23.4 Å². The van der Waals surface area contributed by atoms with Crippen LogP contribution in [-0.4, -0.2) is 25.6 Å². The molecule has 1 N–H and O–H groups in total. The van der Waals surface area contributed by atoms with Gasteiger partial charge in [0.2, 0.25) is 0 Å². The summed E-state index contributed by atoms with van der Waals surface area (Å²) in [5.74, 6) is -0.636. The van der Waals surface area contributed by atoms with Crippen LogP contribution < -0.4 is 10.1 Å². The van der Waals surface area contributed by atoms with Gasteiger partial charge in [0.15, 0.2) is 6.61 Å². The molecule has 7 heteroatoms. The summed E-state index contributed by atoms with van der Waals surface area (Å²) in [5.41, 5.74) is 0.683. The van der Waals surface area contributed by atoms with Gasteiger partial charge in [0, 0.05) is 4.47 Å². The summed E-state index contributed by atoms with van der Waals surface area (Å²) in [6.07, 6.45) is 0. The highest BCUT2D eigenvalue weighted by Crippen LogP contribution is 2.23. The van der Waals surface area contributed by atoms with E-state index in [1.807, 2.05) is 0 Å². The largest absolute Gasteiger partial charge is 0.495 e. The van der Waals surface area contributed by atoms with Crippen molar-refractivity contribution in [2.75, 3.05) is 19.0 Å². The molecule has 5 nitrogen and oxygen atoms in total. The normalized spacial score (nSPS) is 10.0. The molecule has 0 atom stereocenters. The van der Waals surface area contributed by atoms with Crippen molar-refractivity contribution in [1.29, 1.82) is 0 Å². The van der Waals surface area contributed by atoms with E-state index in [4.69, 9.17) is 21.1 Å². The average molecular weight is 399 g/mol. The predicted octanol–water partition coefficient (Wildman–Crippen LogP) is 3.91. The Hall–Kier alpha value is -2.05. The van der Waals surface area contributed by atoms with Crippen LogP contribution in [0.2, 0.25) is 5.02 Å². The van der Waals surface area contributed by atoms with Crippen molar-refractivity contribution in [2.24, 2.45) is 0 Å². The first-order valence-corrected chi connectivity index (χ1v) is 7.73. The number of nitrogens with one attached hydrogen (secondary N) is 1. The molecule has 0 spiro atoms. The van der Waals surface area contributed by atoms with Gasteiger partial charge >= 0.3 is 5.97 Å². The first-order chi connectivity index (χ1) is 11.0. The van der Waals surface area contributed by atoms with E-state index in [2.05, 4.69) is 21.2 Å². The van der Waals surface area contributed by atoms with Crippen LogP contribution >= 0.6 is 27.5 Å². The van der Waals surface area contributed by atoms with E-state index in [1.54, 1.807) is 36.4 Å². The van der Waals surface area contributed by atoms with E-state index in [0.29, 0.717) is 15.9 Å². The van der Waals surface area contributed by atoms with Crippen LogP contribution in [0.4, 0.5) is 5.69 Å². The van der Waals surface area contributed by atoms with E-state index in [0.717, 1.165) is 0 Å². The first-order valence-electron chi connectivity index (χ1n) is 6.56. The van der Waals surface area contributed by atoms with Gasteiger partial charge in [-0.1, -0.05) is 39.7 Å². The minimum atomic E-state index is -0.675. The number of hydrogen-bond donors (Lipinski definition) is 1. The van der Waals surface area contributed by atoms with Gasteiger partial charge < -0.3 is 14.8 Å². The molecule has 0 aliphatic heterocycles. The molecule has 0 heterocycles. The van der Waals surface area contributed by atoms with Crippen LogP contribution in [0.25, 0.3) is 0 Å². The Kier molecular flexibility index (Phi) is 6.01. The second kappa shape index (κ2) is 7.99. The number of carbonyl (C=O) groups is 2. The topological polar surface area (TPSA) is 64.6 Å². The second-order valence-corrected chi connectivity index (χ2v) is 5.77. The van der Waals surface area contributed by atoms with Gasteiger partial charge in [-0.05, 0) is 30.3 Å². The molecule has 0 unspecified atom stereocenters. The van der Waals surface area contributed by atoms with E-state index >= 15 is 0 Å². The maximum atomic E-state index is 12.0. The summed E-state index contributed by atoms with van der Waals surface area (Å²) in [6.45, 7) is -0.431. The van der Waals surface area contributed by atoms with E-state index in [9.17, 15) is 9.59 Å². The van der Waals surface area contributed by atoms with Crippen LogP contribution in [0.15, 0.2) is 46.9 Å². The smallest absolute Gasteiger partial charge is 0.340 e. The molecule has 2 aromatic rings. The molecule has 0 saturated heterocycles. The highest BCUT2D eigenvalue weighted by molar-refractivity contribution is 9.10. The molecule has 120 valence electrons. The average Bonchev–Trinajstić information content (AvgIpc) is 2.55. The molecular formula is C16H13BrClNO4. The fraction of sp³-hybridized carbons (Fsp3) is 0.125. The fourth-order valence-corrected chi connectivity index (χ4v) is 2.35. The second-order valence-electron chi connectivity index (χ2n) is 4.45. The number of methoxy groups -OCH3 is 1. The molecule has 0 aliphatic rings. The third kappa shape index (κ3) is 4.71. The van der Waals surface area contributed by atoms with Crippen LogP contribution in [0.1, 0.15) is 10.4 Å². The standard InChI is InChI=1S/C16H13BrClNO4/c1-22-14-5-3-2-4-13(14)19-15(20)9-23-16(21)11-8-10(17)6-7-12(11)18/h2-8H,9H2,1H3,(H,19,20). The molecule has 0 radical (unpaired) electrons. The van der Waals surface area contributed by atoms with Crippen molar-refractivity contribution < 1.29 is 19.1 Å². The Morgan fingerprint density at radius 3 is 2.70 bits per heavy atom. The summed E-state index contributed by atoms with van der Waals surface area (Å²) in [7, 11) is 1.50. The van der Waals surface area contributed by atoms with Gasteiger partial charge in [-0.3, -0.25) is 4.79 Å². The first kappa shape index (κ1) is 17.3. The molecule has 0 fully saturated rings. The van der Waals surface area contributed by atoms with E-state index in [-0.39, 0.29) is 10.6 Å². The van der Waals surface area contributed by atoms with E-state index in [1.165, 1.54) is 13.2 Å². The number of para-hydroxylation sites is 2. The number of amides is 1. The van der Waals surface area contributed by atoms with Crippen LogP contribution in [0.3, 0.4) is 0 Å². The van der Waals surface area contributed by atoms with Crippen molar-refractivity contribution in [2.45, 2.75) is 0 Å². The van der Waals surface area contributed by atoms with Gasteiger partial charge in [-0.2, -0.15) is 0 Å². The number of benzene rings is 2. The highest BCUT2D eigenvalue weighted by atomic mass is 79.9. The van der Waals surface area contributed by atoms with Crippen molar-refractivity contribution in [3.8, 4) is 5.75 Å². The van der Waals surface area contributed by atoms with E-state index < -0.39 is 18.5 Å². The summed E-state index contributed by atoms with van der Waals surface area (Å²) >= 11 is 9.18. The summed E-state index contributed by atoms with van der Waals surface area (Å²) in [5, 5.41) is 2.86. The molecule has 0 aliphatic carbocycles. The number of hydrogen-bond acceptors (Lipinski definition) is 4. The number of rotatable bonds is 5. The number of carbonyl (C=O) groups excluding carboxylic acids is 2. The Bertz CT molecular complexity index is 736. The Balaban J connectivity index is 1.96. The Morgan fingerprint density at radius 1 is 1.22 bits per heavy atom. The maximum Gasteiger partial charge on any atom is 0.340 e. The third-order valence-corrected chi connectivity index (χ3v) is 3.69. The molecule has 1 amide bonds. The van der Waals surface area contributed by atoms with Crippen molar-refractivity contribution in [1.82, 2.24) is 0 Å². The van der Waals surface area contributed by atoms with Crippen molar-refractivity contribution >= 4 is 45.1 Å². The summed E-state index contributed by atoms with van der Waals surface area (Å²) in [4.78, 5) is 23.8. The molecule has 23 heavy (non-hydrogen) atoms. The Morgan fingerprint density at radius 2 is 1.96 bits per heavy atom. The minimum absolute atomic E-state index is 0.186. The molecule has 2 rings (SSSR count). The quantitative estimate of drug-likeness (QED) is 0.776. The van der Waals surface area contributed by atoms with Gasteiger partial charge in [-0.15, -0.1) is 0 Å². The molecule has 0 bridgehead atoms. The monoisotopic (exact) mass is 397 g/mol. The summed E-state index contributed by atoms with van der Waals surface area (Å²) in [6, 6.07) is 11.7. The lowest BCUT2D eigenvalue weighted by molar-refractivity contribution is -0.119. The lowest BCUT2D eigenvalue weighted by atomic mass is 10.2. The minimum Gasteiger partial charge on any atom is -0.495 e.